The van der Waals surface area contributed by atoms with Crippen molar-refractivity contribution in [2.24, 2.45) is 0 Å². The summed E-state index contributed by atoms with van der Waals surface area (Å²) < 4.78 is 118. The first-order valence-electron chi connectivity index (χ1n) is 33.4. The molecule has 0 radical (unpaired) electrons. The van der Waals surface area contributed by atoms with Crippen molar-refractivity contribution in [3.63, 3.8) is 0 Å². The van der Waals surface area contributed by atoms with Crippen molar-refractivity contribution < 1.29 is 28.8 Å². The maximum atomic E-state index is 9.20. The van der Waals surface area contributed by atoms with E-state index >= 15 is 0 Å². The van der Waals surface area contributed by atoms with Gasteiger partial charge in [-0.2, -0.15) is 0 Å². The predicted molar refractivity (Wildman–Crippen MR) is 344 cm³/mol. The average molecular weight is 1090 g/mol. The second kappa shape index (κ2) is 19.0. The number of aryl methyl sites for hydroxylation is 2. The third kappa shape index (κ3) is 7.93. The van der Waals surface area contributed by atoms with Gasteiger partial charge in [0.2, 0.25) is 0 Å². The molecule has 0 fully saturated rings. The van der Waals surface area contributed by atoms with Crippen LogP contribution in [0.25, 0.3) is 139 Å². The van der Waals surface area contributed by atoms with E-state index in [2.05, 4.69) is 80.2 Å². The molecular weight excluding hydrogens is 1020 g/mol. The van der Waals surface area contributed by atoms with Gasteiger partial charge in [0.15, 0.2) is 0 Å². The molecule has 0 saturated heterocycles. The van der Waals surface area contributed by atoms with Gasteiger partial charge in [-0.3, -0.25) is 13.7 Å². The summed E-state index contributed by atoms with van der Waals surface area (Å²) in [5.74, 6) is 1.86. The molecule has 0 saturated carbocycles. The Morgan fingerprint density at radius 2 is 1.18 bits per heavy atom. The van der Waals surface area contributed by atoms with E-state index in [4.69, 9.17) is 26.5 Å². The molecule has 84 heavy (non-hydrogen) atoms. The molecule has 0 aliphatic carbocycles. The summed E-state index contributed by atoms with van der Waals surface area (Å²) in [6.07, 6.45) is 5.67. The predicted octanol–water partition coefficient (Wildman–Crippen LogP) is 20.1. The largest absolute Gasteiger partial charge is 0.458 e. The number of rotatable bonds is 7. The molecule has 1 aliphatic rings. The number of imidazole rings is 1. The molecule has 0 spiro atoms. The highest BCUT2D eigenvalue weighted by Gasteiger charge is 2.29. The first kappa shape index (κ1) is 39.0. The Hall–Kier alpha value is -10.6. The summed E-state index contributed by atoms with van der Waals surface area (Å²) in [7, 11) is 0. The lowest BCUT2D eigenvalue weighted by atomic mass is 9.85. The van der Waals surface area contributed by atoms with Crippen LogP contribution in [0, 0.1) is 20.0 Å². The molecule has 0 N–H and O–H groups in total. The number of pyridine rings is 1. The highest BCUT2D eigenvalue weighted by molar-refractivity contribution is 6.10. The molecule has 1 aliphatic heterocycles. The number of furan rings is 1. The SMILES string of the molecule is [2H]c1c([2H])c([2H])c(-c2ccc3c(c2)-c2cccc(-c4c(C([2H])([2H])[2H])cccc4C([2H])([2H])[2H])c2-[n+]2[c-]n(-c4cccc(Oc5ccc6c7ccccc7n(-c7cc(C(C)(C)C)ccn7)c6c5)c4)c4cc(-c5ccc6oc7ccccc7c6c5)cc(c42)-c2ccccc2-3)c([2H])c1[2H]. The Morgan fingerprint density at radius 3 is 2.02 bits per heavy atom. The van der Waals surface area contributed by atoms with Crippen LogP contribution in [0.2, 0.25) is 0 Å². The van der Waals surface area contributed by atoms with E-state index < -0.39 is 31.8 Å². The summed E-state index contributed by atoms with van der Waals surface area (Å²) in [5, 5.41) is 3.98. The van der Waals surface area contributed by atoms with Crippen LogP contribution >= 0.6 is 0 Å². The van der Waals surface area contributed by atoms with Crippen molar-refractivity contribution in [2.45, 2.75) is 39.9 Å². The van der Waals surface area contributed by atoms with Crippen LogP contribution in [-0.4, -0.2) is 14.1 Å². The van der Waals surface area contributed by atoms with Crippen LogP contribution in [0.3, 0.4) is 0 Å². The summed E-state index contributed by atoms with van der Waals surface area (Å²) in [6.45, 7) is 0.951. The van der Waals surface area contributed by atoms with Gasteiger partial charge in [0, 0.05) is 42.0 Å². The fraction of sp³-hybridized carbons (Fsp3) is 0.0769. The minimum Gasteiger partial charge on any atom is -0.458 e. The third-order valence-electron chi connectivity index (χ3n) is 16.5. The molecule has 0 amide bonds. The highest BCUT2D eigenvalue weighted by atomic mass is 16.5. The molecule has 400 valence electrons. The Morgan fingerprint density at radius 1 is 0.500 bits per heavy atom. The van der Waals surface area contributed by atoms with Crippen LogP contribution in [0.4, 0.5) is 0 Å². The summed E-state index contributed by atoms with van der Waals surface area (Å²) in [4.78, 5) is 4.91. The van der Waals surface area contributed by atoms with E-state index in [-0.39, 0.29) is 45.3 Å². The molecule has 6 heteroatoms. The first-order chi connectivity index (χ1) is 45.6. The summed E-state index contributed by atoms with van der Waals surface area (Å²) in [6, 6.07) is 65.5. The van der Waals surface area contributed by atoms with E-state index in [1.165, 1.54) is 18.2 Å². The van der Waals surface area contributed by atoms with Crippen molar-refractivity contribution in [3.05, 3.63) is 272 Å². The van der Waals surface area contributed by atoms with Crippen LogP contribution < -0.4 is 9.30 Å². The Balaban J connectivity index is 0.992. The minimum atomic E-state index is -2.81. The molecule has 0 unspecified atom stereocenters. The zero-order valence-corrected chi connectivity index (χ0v) is 45.9. The van der Waals surface area contributed by atoms with Crippen molar-refractivity contribution in [1.29, 1.82) is 0 Å². The van der Waals surface area contributed by atoms with Crippen molar-refractivity contribution in [1.82, 2.24) is 14.1 Å². The zero-order valence-electron chi connectivity index (χ0n) is 56.9. The topological polar surface area (TPSA) is 49.0 Å². The Bertz CT molecular complexity index is 5690. The molecule has 5 heterocycles. The molecule has 0 bridgehead atoms. The van der Waals surface area contributed by atoms with E-state index in [9.17, 15) is 2.74 Å². The number of hydrogen-bond acceptors (Lipinski definition) is 3. The number of fused-ring (bicyclic) bond motifs is 13. The Kier molecular flexibility index (Phi) is 8.82. The third-order valence-corrected chi connectivity index (χ3v) is 16.5. The molecule has 0 atom stereocenters. The number of benzene rings is 11. The minimum absolute atomic E-state index is 0.00543. The van der Waals surface area contributed by atoms with Gasteiger partial charge >= 0.3 is 0 Å². The lowest BCUT2D eigenvalue weighted by Crippen LogP contribution is -2.32. The van der Waals surface area contributed by atoms with Gasteiger partial charge in [0.1, 0.15) is 28.5 Å². The maximum Gasteiger partial charge on any atom is 0.269 e. The van der Waals surface area contributed by atoms with E-state index in [1.54, 1.807) is 24.3 Å². The first-order valence-corrected chi connectivity index (χ1v) is 27.9. The zero-order chi connectivity index (χ0) is 65.7. The van der Waals surface area contributed by atoms with Crippen LogP contribution in [0.15, 0.2) is 253 Å². The average Bonchev–Trinajstić information content (AvgIpc) is 1.54. The van der Waals surface area contributed by atoms with Crippen LogP contribution in [0.1, 0.15) is 52.5 Å². The van der Waals surface area contributed by atoms with Gasteiger partial charge in [0.05, 0.1) is 40.3 Å². The van der Waals surface area contributed by atoms with Gasteiger partial charge in [-0.05, 0) is 181 Å². The quantitative estimate of drug-likeness (QED) is 0.118. The van der Waals surface area contributed by atoms with E-state index in [0.717, 1.165) is 82.9 Å². The number of aromatic nitrogens is 4. The van der Waals surface area contributed by atoms with Gasteiger partial charge in [-0.15, -0.1) is 0 Å². The standard InChI is InChI=1S/C78H56N4O2/c1-48-18-15-19-49(2)75(48)65-29-17-28-64-66-40-51(50-20-7-6-8-21-50)32-35-60(66)58-24-9-10-25-59(58)68-42-53(52-33-37-73-67(41-52)63-27-12-14-31-72(63)84-73)43-71-77(68)81(76(64)65)47-80(71)55-22-16-23-56(45-55)83-57-34-36-62-61-26-11-13-30-69(61)82(70(62)46-57)74-44-54(38-39-79-74)78(3,4)5/h6-46H,1-5H3/i1D3,2D3,6D,7D,8D,20D,21D. The summed E-state index contributed by atoms with van der Waals surface area (Å²) >= 11 is 0. The highest BCUT2D eigenvalue weighted by Crippen LogP contribution is 2.48. The lowest BCUT2D eigenvalue weighted by molar-refractivity contribution is -0.570. The smallest absolute Gasteiger partial charge is 0.269 e. The van der Waals surface area contributed by atoms with Gasteiger partial charge in [-0.1, -0.05) is 178 Å². The lowest BCUT2D eigenvalue weighted by Gasteiger charge is -2.21. The summed E-state index contributed by atoms with van der Waals surface area (Å²) in [5.41, 5.74) is 12.6. The fourth-order valence-corrected chi connectivity index (χ4v) is 12.5. The van der Waals surface area contributed by atoms with E-state index in [0.29, 0.717) is 56.2 Å². The van der Waals surface area contributed by atoms with Crippen LogP contribution in [-0.2, 0) is 5.41 Å². The monoisotopic (exact) mass is 1090 g/mol. The molecule has 11 aromatic carbocycles. The van der Waals surface area contributed by atoms with Gasteiger partial charge < -0.3 is 9.15 Å². The van der Waals surface area contributed by atoms with Crippen molar-refractivity contribution in [3.8, 4) is 95.5 Å². The second-order valence-electron chi connectivity index (χ2n) is 22.5. The van der Waals surface area contributed by atoms with Gasteiger partial charge in [0.25, 0.3) is 6.33 Å². The fourth-order valence-electron chi connectivity index (χ4n) is 12.5. The second-order valence-corrected chi connectivity index (χ2v) is 22.5. The molecular formula is C78H56N4O2. The maximum absolute atomic E-state index is 9.20. The van der Waals surface area contributed by atoms with Crippen molar-refractivity contribution in [2.75, 3.05) is 0 Å². The molecule has 16 rings (SSSR count). The number of nitrogens with zero attached hydrogens (tertiary/aromatic N) is 4. The molecule has 15 aromatic rings. The van der Waals surface area contributed by atoms with Gasteiger partial charge in [-0.25, -0.2) is 4.98 Å². The Labute approximate surface area is 502 Å². The number of para-hydroxylation sites is 3. The molecule has 4 aromatic heterocycles. The molecule has 6 nitrogen and oxygen atoms in total. The number of hydrogen-bond donors (Lipinski definition) is 0. The normalized spacial score (nSPS) is 14.3. The van der Waals surface area contributed by atoms with E-state index in [1.807, 2.05) is 137 Å². The van der Waals surface area contributed by atoms with Crippen molar-refractivity contribution >= 4 is 54.8 Å². The number of ether oxygens (including phenoxy) is 1. The van der Waals surface area contributed by atoms with Crippen LogP contribution in [0.5, 0.6) is 11.5 Å².